The lowest BCUT2D eigenvalue weighted by Crippen LogP contribution is -2.48. The molecular weight excluding hydrogens is 430 g/mol. The van der Waals surface area contributed by atoms with Gasteiger partial charge in [-0.1, -0.05) is 37.8 Å². The second kappa shape index (κ2) is 16.6. The molecule has 0 fully saturated rings. The quantitative estimate of drug-likeness (QED) is 0.226. The van der Waals surface area contributed by atoms with Crippen molar-refractivity contribution in [1.82, 2.24) is 20.9 Å². The molecule has 1 unspecified atom stereocenters. The van der Waals surface area contributed by atoms with Crippen LogP contribution in [0, 0.1) is 0 Å². The van der Waals surface area contributed by atoms with Gasteiger partial charge in [0.1, 0.15) is 11.8 Å². The molecule has 8 nitrogen and oxygen atoms in total. The Kier molecular flexibility index (Phi) is 13.3. The lowest BCUT2D eigenvalue weighted by atomic mass is 10.0. The zero-order valence-corrected chi connectivity index (χ0v) is 20.0. The Morgan fingerprint density at radius 3 is 2.15 bits per heavy atom. The number of nitrogens with one attached hydrogen (secondary N) is 3. The van der Waals surface area contributed by atoms with Gasteiger partial charge in [-0.3, -0.25) is 14.6 Å². The van der Waals surface area contributed by atoms with Crippen molar-refractivity contribution in [2.45, 2.75) is 57.4 Å². The third-order valence-electron chi connectivity index (χ3n) is 5.58. The molecule has 8 heteroatoms. The molecule has 186 valence electrons. The molecule has 0 aliphatic rings. The topological polar surface area (TPSA) is 129 Å². The maximum atomic E-state index is 12.9. The van der Waals surface area contributed by atoms with Crippen LogP contribution in [0.1, 0.15) is 60.9 Å². The van der Waals surface area contributed by atoms with Gasteiger partial charge in [0, 0.05) is 30.9 Å². The number of carbonyl (C=O) groups excluding carboxylic acids is 2. The predicted octanol–water partition coefficient (Wildman–Crippen LogP) is 2.52. The van der Waals surface area contributed by atoms with Crippen LogP contribution in [0.2, 0.25) is 0 Å². The maximum absolute atomic E-state index is 12.9. The number of nitrogens with two attached hydrogens (primary N) is 1. The Bertz CT molecular complexity index is 830. The summed E-state index contributed by atoms with van der Waals surface area (Å²) in [5, 5.41) is 18.7. The van der Waals surface area contributed by atoms with Crippen molar-refractivity contribution in [3.05, 3.63) is 59.9 Å². The highest BCUT2D eigenvalue weighted by atomic mass is 16.3. The zero-order valence-electron chi connectivity index (χ0n) is 20.0. The van der Waals surface area contributed by atoms with Crippen LogP contribution in [0.3, 0.4) is 0 Å². The van der Waals surface area contributed by atoms with Crippen molar-refractivity contribution in [3.8, 4) is 5.75 Å². The number of carbonyl (C=O) groups is 2. The van der Waals surface area contributed by atoms with Crippen LogP contribution in [-0.2, 0) is 11.2 Å². The average molecular weight is 470 g/mol. The highest BCUT2D eigenvalue weighted by Crippen LogP contribution is 2.12. The number of nitrogens with zero attached hydrogens (tertiary/aromatic N) is 1. The lowest BCUT2D eigenvalue weighted by molar-refractivity contribution is -0.122. The predicted molar refractivity (Wildman–Crippen MR) is 135 cm³/mol. The Labute approximate surface area is 202 Å². The molecule has 1 aromatic heterocycles. The largest absolute Gasteiger partial charge is 0.508 e. The highest BCUT2D eigenvalue weighted by molar-refractivity contribution is 5.97. The highest BCUT2D eigenvalue weighted by Gasteiger charge is 2.21. The van der Waals surface area contributed by atoms with Crippen molar-refractivity contribution in [2.24, 2.45) is 5.73 Å². The third kappa shape index (κ3) is 11.2. The minimum atomic E-state index is -0.711. The Morgan fingerprint density at radius 2 is 1.47 bits per heavy atom. The first-order valence-electron chi connectivity index (χ1n) is 12.3. The number of amides is 2. The molecule has 2 amide bonds. The van der Waals surface area contributed by atoms with Gasteiger partial charge in [0.25, 0.3) is 5.91 Å². The van der Waals surface area contributed by atoms with E-state index in [0.29, 0.717) is 18.5 Å². The number of rotatable bonds is 17. The standard InChI is InChI=1S/C26H39N5O3/c27-14-7-16-28-15-5-3-1-2-4-6-17-30-26(34)24(20-21-8-10-23(32)11-9-21)31-25(33)22-12-18-29-19-13-22/h8-13,18-19,24,28,32H,1-7,14-17,20,27H2,(H,30,34)(H,31,33). The number of aromatic nitrogens is 1. The van der Waals surface area contributed by atoms with Crippen LogP contribution in [0.25, 0.3) is 0 Å². The van der Waals surface area contributed by atoms with Crippen LogP contribution in [-0.4, -0.2) is 54.1 Å². The van der Waals surface area contributed by atoms with Crippen molar-refractivity contribution >= 4 is 11.8 Å². The Morgan fingerprint density at radius 1 is 0.853 bits per heavy atom. The fourth-order valence-electron chi connectivity index (χ4n) is 3.59. The summed E-state index contributed by atoms with van der Waals surface area (Å²) in [6.45, 7) is 3.35. The van der Waals surface area contributed by atoms with Gasteiger partial charge in [-0.2, -0.15) is 0 Å². The first-order valence-corrected chi connectivity index (χ1v) is 12.3. The van der Waals surface area contributed by atoms with Crippen LogP contribution < -0.4 is 21.7 Å². The maximum Gasteiger partial charge on any atom is 0.252 e. The number of benzene rings is 1. The normalized spacial score (nSPS) is 11.7. The molecule has 2 aromatic rings. The van der Waals surface area contributed by atoms with E-state index in [0.717, 1.165) is 50.9 Å². The van der Waals surface area contributed by atoms with E-state index in [1.165, 1.54) is 19.3 Å². The van der Waals surface area contributed by atoms with E-state index in [-0.39, 0.29) is 17.6 Å². The molecule has 0 bridgehead atoms. The van der Waals surface area contributed by atoms with Crippen molar-refractivity contribution in [3.63, 3.8) is 0 Å². The summed E-state index contributed by atoms with van der Waals surface area (Å²) in [6.07, 6.45) is 11.1. The summed E-state index contributed by atoms with van der Waals surface area (Å²) < 4.78 is 0. The number of phenols is 1. The van der Waals surface area contributed by atoms with Gasteiger partial charge in [-0.15, -0.1) is 0 Å². The molecule has 0 aliphatic carbocycles. The van der Waals surface area contributed by atoms with Gasteiger partial charge in [-0.25, -0.2) is 0 Å². The van der Waals surface area contributed by atoms with Gasteiger partial charge in [0.15, 0.2) is 0 Å². The van der Waals surface area contributed by atoms with Gasteiger partial charge in [-0.05, 0) is 68.7 Å². The number of pyridine rings is 1. The fraction of sp³-hybridized carbons (Fsp3) is 0.500. The van der Waals surface area contributed by atoms with E-state index >= 15 is 0 Å². The first kappa shape index (κ1) is 27.3. The molecule has 0 radical (unpaired) electrons. The van der Waals surface area contributed by atoms with Crippen LogP contribution in [0.4, 0.5) is 0 Å². The van der Waals surface area contributed by atoms with E-state index in [1.54, 1.807) is 48.8 Å². The molecule has 0 spiro atoms. The van der Waals surface area contributed by atoms with E-state index < -0.39 is 6.04 Å². The van der Waals surface area contributed by atoms with Crippen LogP contribution in [0.5, 0.6) is 5.75 Å². The van der Waals surface area contributed by atoms with E-state index in [9.17, 15) is 14.7 Å². The molecule has 0 saturated heterocycles. The summed E-state index contributed by atoms with van der Waals surface area (Å²) in [5.74, 6) is -0.369. The Balaban J connectivity index is 1.72. The van der Waals surface area contributed by atoms with Gasteiger partial charge >= 0.3 is 0 Å². The number of unbranched alkanes of at least 4 members (excludes halogenated alkanes) is 5. The van der Waals surface area contributed by atoms with Crippen molar-refractivity contribution < 1.29 is 14.7 Å². The molecular formula is C26H39N5O3. The van der Waals surface area contributed by atoms with E-state index in [2.05, 4.69) is 20.9 Å². The molecule has 6 N–H and O–H groups in total. The van der Waals surface area contributed by atoms with Gasteiger partial charge in [0.05, 0.1) is 0 Å². The molecule has 2 rings (SSSR count). The molecule has 1 atom stereocenters. The first-order chi connectivity index (χ1) is 16.6. The summed E-state index contributed by atoms with van der Waals surface area (Å²) in [5.41, 5.74) is 6.78. The van der Waals surface area contributed by atoms with Crippen LogP contribution >= 0.6 is 0 Å². The smallest absolute Gasteiger partial charge is 0.252 e. The number of phenolic OH excluding ortho intramolecular Hbond substituents is 1. The van der Waals surface area contributed by atoms with Crippen LogP contribution in [0.15, 0.2) is 48.8 Å². The van der Waals surface area contributed by atoms with Crippen molar-refractivity contribution in [1.29, 1.82) is 0 Å². The lowest BCUT2D eigenvalue weighted by Gasteiger charge is -2.19. The monoisotopic (exact) mass is 469 g/mol. The average Bonchev–Trinajstić information content (AvgIpc) is 2.86. The Hall–Kier alpha value is -2.97. The molecule has 1 heterocycles. The summed E-state index contributed by atoms with van der Waals surface area (Å²) >= 11 is 0. The second-order valence-corrected chi connectivity index (χ2v) is 8.44. The van der Waals surface area contributed by atoms with E-state index in [1.807, 2.05) is 0 Å². The SMILES string of the molecule is NCCCNCCCCCCCCNC(=O)C(Cc1ccc(O)cc1)NC(=O)c1ccncc1. The molecule has 0 aliphatic heterocycles. The minimum absolute atomic E-state index is 0.161. The number of aromatic hydroxyl groups is 1. The van der Waals surface area contributed by atoms with E-state index in [4.69, 9.17) is 5.73 Å². The van der Waals surface area contributed by atoms with Gasteiger partial charge < -0.3 is 26.8 Å². The van der Waals surface area contributed by atoms with Crippen molar-refractivity contribution in [2.75, 3.05) is 26.2 Å². The zero-order chi connectivity index (χ0) is 24.4. The van der Waals surface area contributed by atoms with Gasteiger partial charge in [0.2, 0.25) is 5.91 Å². The third-order valence-corrected chi connectivity index (χ3v) is 5.58. The summed E-state index contributed by atoms with van der Waals surface area (Å²) in [7, 11) is 0. The molecule has 1 aromatic carbocycles. The second-order valence-electron chi connectivity index (χ2n) is 8.44. The number of hydrogen-bond donors (Lipinski definition) is 5. The fourth-order valence-corrected chi connectivity index (χ4v) is 3.59. The molecule has 0 saturated carbocycles. The number of hydrogen-bond acceptors (Lipinski definition) is 6. The molecule has 34 heavy (non-hydrogen) atoms. The minimum Gasteiger partial charge on any atom is -0.508 e. The summed E-state index contributed by atoms with van der Waals surface area (Å²) in [4.78, 5) is 29.4. The summed E-state index contributed by atoms with van der Waals surface area (Å²) in [6, 6.07) is 9.17.